The van der Waals surface area contributed by atoms with Crippen LogP contribution in [-0.4, -0.2) is 36.5 Å². The molecule has 0 aliphatic heterocycles. The van der Waals surface area contributed by atoms with Crippen molar-refractivity contribution in [2.24, 2.45) is 0 Å². The summed E-state index contributed by atoms with van der Waals surface area (Å²) in [6.07, 6.45) is -0.533. The van der Waals surface area contributed by atoms with Gasteiger partial charge in [-0.1, -0.05) is 0 Å². The molecule has 0 saturated carbocycles. The molecule has 0 aliphatic rings. The zero-order valence-corrected chi connectivity index (χ0v) is 9.03. The van der Waals surface area contributed by atoms with Crippen LogP contribution in [0.5, 0.6) is 0 Å². The van der Waals surface area contributed by atoms with Gasteiger partial charge in [0.25, 0.3) is 0 Å². The molecule has 1 atom stereocenters. The molecule has 15 heavy (non-hydrogen) atoms. The highest BCUT2D eigenvalue weighted by molar-refractivity contribution is 5.48. The molecular formula is C10H17N3O2. The van der Waals surface area contributed by atoms with Gasteiger partial charge in [0.2, 0.25) is 0 Å². The minimum atomic E-state index is -0.533. The molecule has 0 bridgehead atoms. The van der Waals surface area contributed by atoms with E-state index in [2.05, 4.69) is 10.3 Å². The highest BCUT2D eigenvalue weighted by Crippen LogP contribution is 2.11. The fourth-order valence-electron chi connectivity index (χ4n) is 1.14. The second kappa shape index (κ2) is 5.53. The maximum absolute atomic E-state index is 9.39. The molecule has 1 rings (SSSR count). The number of aliphatic hydroxyl groups is 1. The number of anilines is 2. The summed E-state index contributed by atoms with van der Waals surface area (Å²) < 4.78 is 4.80. The summed E-state index contributed by atoms with van der Waals surface area (Å²) in [5, 5.41) is 12.4. The number of hydrogen-bond donors (Lipinski definition) is 3. The van der Waals surface area contributed by atoms with E-state index in [1.165, 1.54) is 0 Å². The van der Waals surface area contributed by atoms with Gasteiger partial charge in [-0.2, -0.15) is 0 Å². The molecule has 0 spiro atoms. The van der Waals surface area contributed by atoms with E-state index >= 15 is 0 Å². The third kappa shape index (κ3) is 3.73. The fourth-order valence-corrected chi connectivity index (χ4v) is 1.14. The molecule has 0 saturated heterocycles. The van der Waals surface area contributed by atoms with E-state index in [4.69, 9.17) is 10.5 Å². The van der Waals surface area contributed by atoms with E-state index in [0.717, 1.165) is 5.69 Å². The molecule has 1 aromatic heterocycles. The van der Waals surface area contributed by atoms with E-state index in [1.54, 1.807) is 19.2 Å². The van der Waals surface area contributed by atoms with Crippen LogP contribution < -0.4 is 11.1 Å². The van der Waals surface area contributed by atoms with Crippen LogP contribution in [0.15, 0.2) is 12.1 Å². The van der Waals surface area contributed by atoms with Crippen molar-refractivity contribution >= 4 is 11.5 Å². The first-order valence-electron chi connectivity index (χ1n) is 4.77. The minimum absolute atomic E-state index is 0.307. The molecule has 84 valence electrons. The Balaban J connectivity index is 2.47. The largest absolute Gasteiger partial charge is 0.397 e. The maximum atomic E-state index is 9.39. The first kappa shape index (κ1) is 11.7. The molecule has 0 fully saturated rings. The summed E-state index contributed by atoms with van der Waals surface area (Å²) >= 11 is 0. The average molecular weight is 211 g/mol. The van der Waals surface area contributed by atoms with Crippen LogP contribution >= 0.6 is 0 Å². The SMILES string of the molecule is COCC(O)CNc1ccc(N)c(C)n1. The Morgan fingerprint density at radius 2 is 2.33 bits per heavy atom. The van der Waals surface area contributed by atoms with Gasteiger partial charge in [-0.25, -0.2) is 4.98 Å². The first-order valence-corrected chi connectivity index (χ1v) is 4.77. The minimum Gasteiger partial charge on any atom is -0.397 e. The topological polar surface area (TPSA) is 80.4 Å². The van der Waals surface area contributed by atoms with E-state index in [0.29, 0.717) is 24.7 Å². The van der Waals surface area contributed by atoms with Crippen molar-refractivity contribution in [1.29, 1.82) is 0 Å². The lowest BCUT2D eigenvalue weighted by atomic mass is 10.3. The summed E-state index contributed by atoms with van der Waals surface area (Å²) in [5.74, 6) is 0.705. The van der Waals surface area contributed by atoms with Crippen molar-refractivity contribution in [1.82, 2.24) is 4.98 Å². The molecule has 0 amide bonds. The van der Waals surface area contributed by atoms with Gasteiger partial charge in [0.1, 0.15) is 5.82 Å². The third-order valence-electron chi connectivity index (χ3n) is 2.00. The van der Waals surface area contributed by atoms with Gasteiger partial charge in [0.05, 0.1) is 24.1 Å². The van der Waals surface area contributed by atoms with Gasteiger partial charge in [-0.3, -0.25) is 0 Å². The molecule has 0 aliphatic carbocycles. The van der Waals surface area contributed by atoms with Crippen LogP contribution in [0, 0.1) is 6.92 Å². The summed E-state index contributed by atoms with van der Waals surface area (Å²) in [5.41, 5.74) is 7.08. The van der Waals surface area contributed by atoms with Crippen LogP contribution in [0.4, 0.5) is 11.5 Å². The standard InChI is InChI=1S/C10H17N3O2/c1-7-9(11)3-4-10(13-7)12-5-8(14)6-15-2/h3-4,8,14H,5-6,11H2,1-2H3,(H,12,13). The molecule has 0 aromatic carbocycles. The molecular weight excluding hydrogens is 194 g/mol. The van der Waals surface area contributed by atoms with Crippen molar-refractivity contribution in [2.75, 3.05) is 31.3 Å². The van der Waals surface area contributed by atoms with Crippen LogP contribution in [0.1, 0.15) is 5.69 Å². The molecule has 4 N–H and O–H groups in total. The number of ether oxygens (including phenoxy) is 1. The predicted octanol–water partition coefficient (Wildman–Crippen LogP) is 0.391. The molecule has 5 heteroatoms. The number of nitrogens with zero attached hydrogens (tertiary/aromatic N) is 1. The zero-order valence-electron chi connectivity index (χ0n) is 9.03. The third-order valence-corrected chi connectivity index (χ3v) is 2.00. The maximum Gasteiger partial charge on any atom is 0.126 e. The number of nitrogens with one attached hydrogen (secondary N) is 1. The fraction of sp³-hybridized carbons (Fsp3) is 0.500. The first-order chi connectivity index (χ1) is 7.13. The number of pyridine rings is 1. The lowest BCUT2D eigenvalue weighted by molar-refractivity contribution is 0.0727. The Morgan fingerprint density at radius 1 is 1.60 bits per heavy atom. The van der Waals surface area contributed by atoms with Crippen molar-refractivity contribution < 1.29 is 9.84 Å². The van der Waals surface area contributed by atoms with Crippen molar-refractivity contribution in [3.8, 4) is 0 Å². The van der Waals surface area contributed by atoms with Crippen LogP contribution in [-0.2, 0) is 4.74 Å². The van der Waals surface area contributed by atoms with E-state index in [1.807, 2.05) is 6.92 Å². The number of aliphatic hydroxyl groups excluding tert-OH is 1. The summed E-state index contributed by atoms with van der Waals surface area (Å²) in [7, 11) is 1.55. The average Bonchev–Trinajstić information content (AvgIpc) is 2.20. The monoisotopic (exact) mass is 211 g/mol. The lowest BCUT2D eigenvalue weighted by Gasteiger charge is -2.11. The van der Waals surface area contributed by atoms with Crippen molar-refractivity contribution in [2.45, 2.75) is 13.0 Å². The van der Waals surface area contributed by atoms with Crippen LogP contribution in [0.3, 0.4) is 0 Å². The Kier molecular flexibility index (Phi) is 4.33. The van der Waals surface area contributed by atoms with Crippen molar-refractivity contribution in [3.05, 3.63) is 17.8 Å². The summed E-state index contributed by atoms with van der Waals surface area (Å²) in [6, 6.07) is 3.56. The summed E-state index contributed by atoms with van der Waals surface area (Å²) in [6.45, 7) is 2.55. The molecule has 1 heterocycles. The number of nitrogen functional groups attached to an aromatic ring is 1. The molecule has 5 nitrogen and oxygen atoms in total. The highest BCUT2D eigenvalue weighted by atomic mass is 16.5. The van der Waals surface area contributed by atoms with Crippen molar-refractivity contribution in [3.63, 3.8) is 0 Å². The second-order valence-electron chi connectivity index (χ2n) is 3.36. The smallest absolute Gasteiger partial charge is 0.126 e. The summed E-state index contributed by atoms with van der Waals surface area (Å²) in [4.78, 5) is 4.22. The molecule has 0 radical (unpaired) electrons. The Morgan fingerprint density at radius 3 is 2.93 bits per heavy atom. The predicted molar refractivity (Wildman–Crippen MR) is 59.8 cm³/mol. The van der Waals surface area contributed by atoms with E-state index < -0.39 is 6.10 Å². The number of hydrogen-bond acceptors (Lipinski definition) is 5. The normalized spacial score (nSPS) is 12.5. The van der Waals surface area contributed by atoms with Crippen LogP contribution in [0.2, 0.25) is 0 Å². The Hall–Kier alpha value is -1.33. The number of nitrogens with two attached hydrogens (primary N) is 1. The Labute approximate surface area is 89.3 Å². The van der Waals surface area contributed by atoms with Gasteiger partial charge >= 0.3 is 0 Å². The number of methoxy groups -OCH3 is 1. The number of aromatic nitrogens is 1. The van der Waals surface area contributed by atoms with Crippen LogP contribution in [0.25, 0.3) is 0 Å². The van der Waals surface area contributed by atoms with Gasteiger partial charge in [-0.15, -0.1) is 0 Å². The molecule has 1 aromatic rings. The molecule has 1 unspecified atom stereocenters. The van der Waals surface area contributed by atoms with Gasteiger partial charge < -0.3 is 20.9 Å². The zero-order chi connectivity index (χ0) is 11.3. The van der Waals surface area contributed by atoms with E-state index in [-0.39, 0.29) is 0 Å². The highest BCUT2D eigenvalue weighted by Gasteiger charge is 2.03. The second-order valence-corrected chi connectivity index (χ2v) is 3.36. The van der Waals surface area contributed by atoms with Gasteiger partial charge in [-0.05, 0) is 19.1 Å². The Bertz CT molecular complexity index is 318. The van der Waals surface area contributed by atoms with Gasteiger partial charge in [0, 0.05) is 13.7 Å². The lowest BCUT2D eigenvalue weighted by Crippen LogP contribution is -2.24. The number of aryl methyl sites for hydroxylation is 1. The van der Waals surface area contributed by atoms with E-state index in [9.17, 15) is 5.11 Å². The number of rotatable bonds is 5. The van der Waals surface area contributed by atoms with Gasteiger partial charge in [0.15, 0.2) is 0 Å². The quantitative estimate of drug-likeness (QED) is 0.656.